The molecule has 7 heteroatoms. The summed E-state index contributed by atoms with van der Waals surface area (Å²) in [5.41, 5.74) is 1.14. The molecule has 0 aromatic carbocycles. The van der Waals surface area contributed by atoms with E-state index >= 15 is 0 Å². The average molecular weight is 250 g/mol. The third-order valence-electron chi connectivity index (χ3n) is 2.95. The number of anilines is 1. The molecule has 1 aliphatic rings. The number of rotatable bonds is 2. The van der Waals surface area contributed by atoms with Gasteiger partial charge in [-0.15, -0.1) is 0 Å². The zero-order valence-corrected chi connectivity index (χ0v) is 10.3. The van der Waals surface area contributed by atoms with Crippen LogP contribution in [0.15, 0.2) is 0 Å². The summed E-state index contributed by atoms with van der Waals surface area (Å²) in [4.78, 5) is 12.8. The van der Waals surface area contributed by atoms with E-state index < -0.39 is 12.1 Å². The van der Waals surface area contributed by atoms with Gasteiger partial charge in [0.15, 0.2) is 6.10 Å². The molecule has 0 amide bonds. The molecule has 0 radical (unpaired) electrons. The maximum Gasteiger partial charge on any atom is 0.334 e. The molecule has 7 nitrogen and oxygen atoms in total. The van der Waals surface area contributed by atoms with Crippen molar-refractivity contribution in [1.82, 2.24) is 9.78 Å². The third-order valence-corrected chi connectivity index (χ3v) is 2.95. The Balaban J connectivity index is 2.32. The molecule has 0 aliphatic carbocycles. The van der Waals surface area contributed by atoms with Crippen LogP contribution in [0.4, 0.5) is 5.82 Å². The van der Waals surface area contributed by atoms with Crippen molar-refractivity contribution in [3.8, 4) is 6.07 Å². The van der Waals surface area contributed by atoms with Crippen LogP contribution >= 0.6 is 0 Å². The van der Waals surface area contributed by atoms with Crippen LogP contribution in [0.2, 0.25) is 0 Å². The van der Waals surface area contributed by atoms with E-state index in [1.165, 1.54) is 0 Å². The lowest BCUT2D eigenvalue weighted by Gasteiger charge is -2.32. The number of ether oxygens (including phenoxy) is 1. The number of carbonyl (C=O) groups is 1. The second kappa shape index (κ2) is 4.66. The van der Waals surface area contributed by atoms with Crippen molar-refractivity contribution in [2.24, 2.45) is 7.05 Å². The Bertz CT molecular complexity index is 517. The highest BCUT2D eigenvalue weighted by Gasteiger charge is 2.29. The van der Waals surface area contributed by atoms with Crippen molar-refractivity contribution in [1.29, 1.82) is 5.26 Å². The lowest BCUT2D eigenvalue weighted by molar-refractivity contribution is -0.150. The predicted molar refractivity (Wildman–Crippen MR) is 62.2 cm³/mol. The van der Waals surface area contributed by atoms with Gasteiger partial charge in [0.05, 0.1) is 18.8 Å². The first-order valence-corrected chi connectivity index (χ1v) is 5.57. The van der Waals surface area contributed by atoms with E-state index in [-0.39, 0.29) is 6.54 Å². The number of aromatic nitrogens is 2. The van der Waals surface area contributed by atoms with Crippen LogP contribution in [-0.2, 0) is 16.6 Å². The lowest BCUT2D eigenvalue weighted by Crippen LogP contribution is -2.47. The zero-order valence-electron chi connectivity index (χ0n) is 10.3. The molecule has 0 bridgehead atoms. The van der Waals surface area contributed by atoms with Gasteiger partial charge in [-0.1, -0.05) is 0 Å². The Labute approximate surface area is 104 Å². The second-order valence-corrected chi connectivity index (χ2v) is 4.16. The van der Waals surface area contributed by atoms with Gasteiger partial charge in [-0.05, 0) is 6.92 Å². The molecular formula is C11H14N4O3. The van der Waals surface area contributed by atoms with Crippen molar-refractivity contribution in [3.05, 3.63) is 11.3 Å². The number of hydrogen-bond acceptors (Lipinski definition) is 5. The van der Waals surface area contributed by atoms with Crippen molar-refractivity contribution in [2.45, 2.75) is 13.0 Å². The van der Waals surface area contributed by atoms with Gasteiger partial charge in [-0.3, -0.25) is 4.68 Å². The van der Waals surface area contributed by atoms with Crippen LogP contribution in [0.5, 0.6) is 0 Å². The summed E-state index contributed by atoms with van der Waals surface area (Å²) in [6.45, 7) is 2.86. The predicted octanol–water partition coefficient (Wildman–Crippen LogP) is -0.110. The summed E-state index contributed by atoms with van der Waals surface area (Å²) < 4.78 is 6.77. The number of aliphatic carboxylic acids is 1. The Kier molecular flexibility index (Phi) is 3.21. The van der Waals surface area contributed by atoms with Gasteiger partial charge in [0.2, 0.25) is 0 Å². The molecular weight excluding hydrogens is 236 g/mol. The fourth-order valence-corrected chi connectivity index (χ4v) is 2.13. The first-order valence-electron chi connectivity index (χ1n) is 5.57. The topological polar surface area (TPSA) is 91.4 Å². The summed E-state index contributed by atoms with van der Waals surface area (Å²) in [7, 11) is 1.74. The van der Waals surface area contributed by atoms with E-state index in [0.29, 0.717) is 30.2 Å². The minimum absolute atomic E-state index is 0.225. The monoisotopic (exact) mass is 250 g/mol. The minimum atomic E-state index is -0.989. The summed E-state index contributed by atoms with van der Waals surface area (Å²) in [5.74, 6) is -0.332. The van der Waals surface area contributed by atoms with Gasteiger partial charge in [-0.2, -0.15) is 10.4 Å². The average Bonchev–Trinajstić information content (AvgIpc) is 2.63. The zero-order chi connectivity index (χ0) is 13.3. The number of morpholine rings is 1. The van der Waals surface area contributed by atoms with Crippen LogP contribution in [0.1, 0.15) is 11.3 Å². The number of nitriles is 1. The summed E-state index contributed by atoms with van der Waals surface area (Å²) in [6, 6.07) is 2.11. The second-order valence-electron chi connectivity index (χ2n) is 4.16. The van der Waals surface area contributed by atoms with E-state index in [2.05, 4.69) is 11.2 Å². The Morgan fingerprint density at radius 2 is 2.39 bits per heavy atom. The van der Waals surface area contributed by atoms with Crippen molar-refractivity contribution < 1.29 is 14.6 Å². The van der Waals surface area contributed by atoms with Crippen LogP contribution < -0.4 is 4.90 Å². The molecule has 1 fully saturated rings. The highest BCUT2D eigenvalue weighted by atomic mass is 16.5. The fraction of sp³-hybridized carbons (Fsp3) is 0.545. The van der Waals surface area contributed by atoms with Crippen LogP contribution in [-0.4, -0.2) is 46.7 Å². The minimum Gasteiger partial charge on any atom is -0.479 e. The van der Waals surface area contributed by atoms with Crippen molar-refractivity contribution in [2.75, 3.05) is 24.6 Å². The molecule has 1 atom stereocenters. The van der Waals surface area contributed by atoms with Crippen molar-refractivity contribution >= 4 is 11.8 Å². The number of hydrogen-bond donors (Lipinski definition) is 1. The highest BCUT2D eigenvalue weighted by Crippen LogP contribution is 2.24. The highest BCUT2D eigenvalue weighted by molar-refractivity contribution is 5.74. The first kappa shape index (κ1) is 12.4. The smallest absolute Gasteiger partial charge is 0.334 e. The molecule has 0 saturated carbocycles. The van der Waals surface area contributed by atoms with E-state index in [0.717, 1.165) is 0 Å². The first-order chi connectivity index (χ1) is 8.54. The maximum atomic E-state index is 10.9. The normalized spacial score (nSPS) is 19.6. The van der Waals surface area contributed by atoms with Gasteiger partial charge >= 0.3 is 5.97 Å². The molecule has 0 spiro atoms. The molecule has 1 aromatic rings. The number of nitrogens with zero attached hydrogens (tertiary/aromatic N) is 4. The molecule has 1 unspecified atom stereocenters. The largest absolute Gasteiger partial charge is 0.479 e. The molecule has 1 aromatic heterocycles. The lowest BCUT2D eigenvalue weighted by atomic mass is 10.2. The van der Waals surface area contributed by atoms with Gasteiger partial charge in [0.1, 0.15) is 17.5 Å². The van der Waals surface area contributed by atoms with E-state index in [9.17, 15) is 4.79 Å². The maximum absolute atomic E-state index is 10.9. The molecule has 96 valence electrons. The molecule has 1 N–H and O–H groups in total. The van der Waals surface area contributed by atoms with E-state index in [1.807, 2.05) is 4.90 Å². The number of carboxylic acid groups (broad SMARTS) is 1. The van der Waals surface area contributed by atoms with Gasteiger partial charge < -0.3 is 14.7 Å². The summed E-state index contributed by atoms with van der Waals surface area (Å²) >= 11 is 0. The van der Waals surface area contributed by atoms with E-state index in [4.69, 9.17) is 15.1 Å². The van der Waals surface area contributed by atoms with Gasteiger partial charge in [0, 0.05) is 13.6 Å². The molecule has 1 aliphatic heterocycles. The SMILES string of the molecule is Cc1nn(C)c(N2CCOC(C(=O)O)C2)c1C#N. The summed E-state index contributed by atoms with van der Waals surface area (Å²) in [5, 5.41) is 22.3. The van der Waals surface area contributed by atoms with Gasteiger partial charge in [0.25, 0.3) is 0 Å². The van der Waals surface area contributed by atoms with E-state index in [1.54, 1.807) is 18.7 Å². The van der Waals surface area contributed by atoms with Crippen LogP contribution in [0.25, 0.3) is 0 Å². The van der Waals surface area contributed by atoms with Crippen LogP contribution in [0, 0.1) is 18.3 Å². The number of carboxylic acids is 1. The molecule has 2 rings (SSSR count). The third kappa shape index (κ3) is 2.02. The molecule has 2 heterocycles. The fourth-order valence-electron chi connectivity index (χ4n) is 2.13. The summed E-state index contributed by atoms with van der Waals surface area (Å²) in [6.07, 6.45) is -0.861. The quantitative estimate of drug-likeness (QED) is 0.787. The molecule has 1 saturated heterocycles. The Morgan fingerprint density at radius 1 is 1.67 bits per heavy atom. The molecule has 18 heavy (non-hydrogen) atoms. The van der Waals surface area contributed by atoms with Gasteiger partial charge in [-0.25, -0.2) is 4.79 Å². The number of aryl methyl sites for hydroxylation is 2. The van der Waals surface area contributed by atoms with Crippen LogP contribution in [0.3, 0.4) is 0 Å². The van der Waals surface area contributed by atoms with Crippen molar-refractivity contribution in [3.63, 3.8) is 0 Å². The Hall–Kier alpha value is -2.07. The Morgan fingerprint density at radius 3 is 3.00 bits per heavy atom. The standard InChI is InChI=1S/C11H14N4O3/c1-7-8(5-12)10(14(2)13-7)15-3-4-18-9(6-15)11(16)17/h9H,3-4,6H2,1-2H3,(H,16,17).